The van der Waals surface area contributed by atoms with Crippen molar-refractivity contribution in [2.45, 2.75) is 32.7 Å². The highest BCUT2D eigenvalue weighted by Gasteiger charge is 2.36. The number of nitrogens with one attached hydrogen (secondary N) is 1. The Kier molecular flexibility index (Phi) is 7.30. The van der Waals surface area contributed by atoms with Crippen LogP contribution in [0, 0.1) is 11.8 Å². The second kappa shape index (κ2) is 9.22. The van der Waals surface area contributed by atoms with Crippen LogP contribution in [0.1, 0.15) is 26.7 Å². The van der Waals surface area contributed by atoms with Crippen molar-refractivity contribution in [2.75, 3.05) is 53.0 Å². The largest absolute Gasteiger partial charge is 0.449 e. The van der Waals surface area contributed by atoms with E-state index in [9.17, 15) is 9.59 Å². The van der Waals surface area contributed by atoms with Gasteiger partial charge < -0.3 is 24.6 Å². The summed E-state index contributed by atoms with van der Waals surface area (Å²) in [4.78, 5) is 28.6. The third-order valence-electron chi connectivity index (χ3n) is 4.61. The molecule has 1 N–H and O–H groups in total. The number of carbonyl (C=O) groups excluding carboxylic acids is 2. The molecule has 0 aromatic heterocycles. The number of rotatable bonds is 5. The van der Waals surface area contributed by atoms with Gasteiger partial charge in [-0.2, -0.15) is 0 Å². The third-order valence-corrected chi connectivity index (χ3v) is 4.61. The van der Waals surface area contributed by atoms with Crippen molar-refractivity contribution in [1.82, 2.24) is 15.1 Å². The molecule has 2 aliphatic heterocycles. The van der Waals surface area contributed by atoms with E-state index in [-0.39, 0.29) is 24.0 Å². The van der Waals surface area contributed by atoms with Gasteiger partial charge in [0, 0.05) is 32.7 Å². The molecule has 7 heteroatoms. The van der Waals surface area contributed by atoms with Crippen LogP contribution in [-0.4, -0.2) is 80.9 Å². The molecule has 2 fully saturated rings. The zero-order valence-corrected chi connectivity index (χ0v) is 15.1. The molecule has 0 aromatic rings. The minimum atomic E-state index is -0.293. The first-order valence-electron chi connectivity index (χ1n) is 8.94. The van der Waals surface area contributed by atoms with Gasteiger partial charge in [0.05, 0.1) is 19.3 Å². The Morgan fingerprint density at radius 1 is 1.21 bits per heavy atom. The summed E-state index contributed by atoms with van der Waals surface area (Å²) < 4.78 is 10.6. The minimum Gasteiger partial charge on any atom is -0.449 e. The fourth-order valence-corrected chi connectivity index (χ4v) is 3.28. The molecule has 1 atom stereocenters. The summed E-state index contributed by atoms with van der Waals surface area (Å²) in [6.45, 7) is 8.21. The molecule has 0 aliphatic carbocycles. The van der Waals surface area contributed by atoms with E-state index < -0.39 is 0 Å². The molecule has 0 radical (unpaired) electrons. The molecule has 24 heavy (non-hydrogen) atoms. The number of amides is 2. The molecule has 0 unspecified atom stereocenters. The predicted octanol–water partition coefficient (Wildman–Crippen LogP) is 0.938. The molecular weight excluding hydrogens is 310 g/mol. The highest BCUT2D eigenvalue weighted by Crippen LogP contribution is 2.20. The third kappa shape index (κ3) is 5.08. The highest BCUT2D eigenvalue weighted by molar-refractivity contribution is 5.80. The Labute approximate surface area is 144 Å². The van der Waals surface area contributed by atoms with Gasteiger partial charge in [0.25, 0.3) is 0 Å². The molecule has 7 nitrogen and oxygen atoms in total. The quantitative estimate of drug-likeness (QED) is 0.806. The van der Waals surface area contributed by atoms with E-state index in [1.807, 2.05) is 18.7 Å². The summed E-state index contributed by atoms with van der Waals surface area (Å²) in [6, 6.07) is -0.0993. The van der Waals surface area contributed by atoms with Gasteiger partial charge in [0.2, 0.25) is 5.91 Å². The van der Waals surface area contributed by atoms with Crippen LogP contribution in [0.15, 0.2) is 0 Å². The number of piperazine rings is 1. The summed E-state index contributed by atoms with van der Waals surface area (Å²) in [5.74, 6) is 0.602. The van der Waals surface area contributed by atoms with Crippen molar-refractivity contribution in [2.24, 2.45) is 11.8 Å². The maximum Gasteiger partial charge on any atom is 0.409 e. The lowest BCUT2D eigenvalue weighted by molar-refractivity contribution is -0.142. The molecule has 0 aromatic carbocycles. The second-order valence-electron chi connectivity index (χ2n) is 7.08. The van der Waals surface area contributed by atoms with Gasteiger partial charge in [-0.15, -0.1) is 0 Å². The Hall–Kier alpha value is -1.34. The summed E-state index contributed by atoms with van der Waals surface area (Å²) in [6.07, 6.45) is 1.48. The first-order valence-corrected chi connectivity index (χ1v) is 8.94. The van der Waals surface area contributed by atoms with Crippen LogP contribution in [0.2, 0.25) is 0 Å². The number of hydrogen-bond donors (Lipinski definition) is 1. The molecule has 2 rings (SSSR count). The number of piperidine rings is 1. The van der Waals surface area contributed by atoms with Gasteiger partial charge in [-0.05, 0) is 31.8 Å². The number of carbonyl (C=O) groups is 2. The van der Waals surface area contributed by atoms with E-state index in [0.717, 1.165) is 25.9 Å². The van der Waals surface area contributed by atoms with Crippen molar-refractivity contribution in [3.8, 4) is 0 Å². The zero-order valence-electron chi connectivity index (χ0n) is 15.1. The normalized spacial score (nSPS) is 22.8. The lowest BCUT2D eigenvalue weighted by atomic mass is 9.95. The summed E-state index contributed by atoms with van der Waals surface area (Å²) in [7, 11) is 1.63. The second-order valence-corrected chi connectivity index (χ2v) is 7.08. The number of nitrogens with zero attached hydrogens (tertiary/aromatic N) is 2. The molecule has 2 heterocycles. The molecular formula is C17H31N3O4. The minimum absolute atomic E-state index is 0.0880. The molecule has 2 saturated heterocycles. The van der Waals surface area contributed by atoms with Crippen LogP contribution in [0.5, 0.6) is 0 Å². The Morgan fingerprint density at radius 2 is 1.92 bits per heavy atom. The predicted molar refractivity (Wildman–Crippen MR) is 90.7 cm³/mol. The number of methoxy groups -OCH3 is 1. The van der Waals surface area contributed by atoms with Gasteiger partial charge in [-0.1, -0.05) is 13.8 Å². The number of hydrogen-bond acceptors (Lipinski definition) is 5. The highest BCUT2D eigenvalue weighted by atomic mass is 16.6. The van der Waals surface area contributed by atoms with Gasteiger partial charge in [0.15, 0.2) is 0 Å². The van der Waals surface area contributed by atoms with Crippen molar-refractivity contribution in [3.05, 3.63) is 0 Å². The maximum atomic E-state index is 12.8. The molecule has 2 aliphatic rings. The lowest BCUT2D eigenvalue weighted by Gasteiger charge is -2.42. The van der Waals surface area contributed by atoms with Crippen LogP contribution in [0.3, 0.4) is 0 Å². The summed E-state index contributed by atoms with van der Waals surface area (Å²) >= 11 is 0. The van der Waals surface area contributed by atoms with Crippen molar-refractivity contribution >= 4 is 12.0 Å². The van der Waals surface area contributed by atoms with E-state index in [2.05, 4.69) is 5.32 Å². The fraction of sp³-hybridized carbons (Fsp3) is 0.882. The lowest BCUT2D eigenvalue weighted by Crippen LogP contribution is -2.59. The fourth-order valence-electron chi connectivity index (χ4n) is 3.28. The van der Waals surface area contributed by atoms with Crippen LogP contribution < -0.4 is 5.32 Å². The van der Waals surface area contributed by atoms with Crippen molar-refractivity contribution < 1.29 is 19.1 Å². The van der Waals surface area contributed by atoms with Gasteiger partial charge in [-0.3, -0.25) is 4.79 Å². The summed E-state index contributed by atoms with van der Waals surface area (Å²) in [5.41, 5.74) is 0. The van der Waals surface area contributed by atoms with Crippen LogP contribution in [-0.2, 0) is 14.3 Å². The van der Waals surface area contributed by atoms with Gasteiger partial charge >= 0.3 is 6.09 Å². The molecule has 0 bridgehead atoms. The Balaban J connectivity index is 1.94. The summed E-state index contributed by atoms with van der Waals surface area (Å²) in [5, 5.41) is 3.29. The average molecular weight is 341 g/mol. The van der Waals surface area contributed by atoms with E-state index in [1.54, 1.807) is 12.0 Å². The van der Waals surface area contributed by atoms with E-state index in [4.69, 9.17) is 9.47 Å². The monoisotopic (exact) mass is 341 g/mol. The molecule has 2 amide bonds. The Bertz CT molecular complexity index is 424. The van der Waals surface area contributed by atoms with E-state index in [0.29, 0.717) is 38.8 Å². The van der Waals surface area contributed by atoms with Crippen LogP contribution in [0.25, 0.3) is 0 Å². The SMILES string of the molecule is COC[C@@H]1CN(C(=O)OCC(C)C)CCN1C(=O)C1CCNCC1. The van der Waals surface area contributed by atoms with Crippen LogP contribution >= 0.6 is 0 Å². The molecule has 0 spiro atoms. The smallest absolute Gasteiger partial charge is 0.409 e. The van der Waals surface area contributed by atoms with E-state index >= 15 is 0 Å². The average Bonchev–Trinajstić information content (AvgIpc) is 2.60. The standard InChI is InChI=1S/C17H31N3O4/c1-13(2)11-24-17(22)19-8-9-20(15(10-19)12-23-3)16(21)14-4-6-18-7-5-14/h13-15,18H,4-12H2,1-3H3/t15-/m0/s1. The first-order chi connectivity index (χ1) is 11.5. The first kappa shape index (κ1) is 19.0. The molecule has 0 saturated carbocycles. The van der Waals surface area contributed by atoms with E-state index in [1.165, 1.54) is 0 Å². The van der Waals surface area contributed by atoms with Gasteiger partial charge in [-0.25, -0.2) is 4.79 Å². The molecule has 138 valence electrons. The van der Waals surface area contributed by atoms with Crippen molar-refractivity contribution in [3.63, 3.8) is 0 Å². The Morgan fingerprint density at radius 3 is 2.54 bits per heavy atom. The van der Waals surface area contributed by atoms with Crippen LogP contribution in [0.4, 0.5) is 4.79 Å². The maximum absolute atomic E-state index is 12.8. The van der Waals surface area contributed by atoms with Gasteiger partial charge in [0.1, 0.15) is 0 Å². The number of ether oxygens (including phenoxy) is 2. The topological polar surface area (TPSA) is 71.1 Å². The van der Waals surface area contributed by atoms with Crippen molar-refractivity contribution in [1.29, 1.82) is 0 Å². The zero-order chi connectivity index (χ0) is 17.5.